The van der Waals surface area contributed by atoms with Crippen LogP contribution in [0.1, 0.15) is 50.6 Å². The quantitative estimate of drug-likeness (QED) is 0.861. The predicted octanol–water partition coefficient (Wildman–Crippen LogP) is 4.72. The highest BCUT2D eigenvalue weighted by molar-refractivity contribution is 7.20. The number of halogens is 2. The van der Waals surface area contributed by atoms with Gasteiger partial charge >= 0.3 is 0 Å². The Bertz CT molecular complexity index is 457. The lowest BCUT2D eigenvalue weighted by Crippen LogP contribution is -2.50. The van der Waals surface area contributed by atoms with E-state index in [2.05, 4.69) is 17.1 Å². The van der Waals surface area contributed by atoms with Gasteiger partial charge in [-0.05, 0) is 51.8 Å². The van der Waals surface area contributed by atoms with E-state index in [0.717, 1.165) is 8.67 Å². The molecule has 112 valence electrons. The summed E-state index contributed by atoms with van der Waals surface area (Å²) in [6.07, 6.45) is 6.57. The Labute approximate surface area is 135 Å². The molecule has 0 aliphatic carbocycles. The molecule has 1 N–H and O–H groups in total. The monoisotopic (exact) mass is 332 g/mol. The Morgan fingerprint density at radius 2 is 2.15 bits per heavy atom. The summed E-state index contributed by atoms with van der Waals surface area (Å²) in [7, 11) is 0. The van der Waals surface area contributed by atoms with E-state index < -0.39 is 0 Å². The summed E-state index contributed by atoms with van der Waals surface area (Å²) in [5.74, 6) is 0. The maximum Gasteiger partial charge on any atom is 0.0991 e. The number of hydrogen-bond donors (Lipinski definition) is 1. The highest BCUT2D eigenvalue weighted by atomic mass is 35.5. The summed E-state index contributed by atoms with van der Waals surface area (Å²) in [4.78, 5) is 2.65. The number of rotatable bonds is 3. The Morgan fingerprint density at radius 3 is 2.80 bits per heavy atom. The zero-order valence-corrected chi connectivity index (χ0v) is 14.2. The third-order valence-electron chi connectivity index (χ3n) is 4.79. The van der Waals surface area contributed by atoms with Crippen LogP contribution in [0.4, 0.5) is 0 Å². The molecule has 0 bridgehead atoms. The van der Waals surface area contributed by atoms with Crippen molar-refractivity contribution in [3.63, 3.8) is 0 Å². The lowest BCUT2D eigenvalue weighted by Gasteiger charge is -2.43. The zero-order chi connectivity index (χ0) is 14.1. The fourth-order valence-electron chi connectivity index (χ4n) is 3.75. The first-order chi connectivity index (χ1) is 9.66. The molecule has 0 aromatic carbocycles. The van der Waals surface area contributed by atoms with E-state index in [1.165, 1.54) is 62.1 Å². The second kappa shape index (κ2) is 6.53. The van der Waals surface area contributed by atoms with E-state index in [4.69, 9.17) is 23.2 Å². The van der Waals surface area contributed by atoms with Crippen LogP contribution < -0.4 is 5.32 Å². The predicted molar refractivity (Wildman–Crippen MR) is 88.1 cm³/mol. The van der Waals surface area contributed by atoms with Crippen molar-refractivity contribution in [2.45, 2.75) is 57.2 Å². The van der Waals surface area contributed by atoms with Crippen LogP contribution >= 0.6 is 34.5 Å². The second-order valence-electron chi connectivity index (χ2n) is 5.96. The molecule has 0 saturated carbocycles. The first kappa shape index (κ1) is 15.1. The molecule has 3 heterocycles. The standard InChI is InChI=1S/C15H22Cl2N2S/c1-10(11-9-14(16)20-15(11)17)19-8-3-2-6-13(19)12-5-4-7-18-12/h9-10,12-13,18H,2-8H2,1H3. The summed E-state index contributed by atoms with van der Waals surface area (Å²) in [5, 5.41) is 3.68. The molecule has 2 aliphatic heterocycles. The molecule has 1 aromatic heterocycles. The summed E-state index contributed by atoms with van der Waals surface area (Å²) in [6, 6.07) is 3.72. The normalized spacial score (nSPS) is 29.8. The molecule has 0 amide bonds. The fraction of sp³-hybridized carbons (Fsp3) is 0.733. The Balaban J connectivity index is 1.79. The van der Waals surface area contributed by atoms with Crippen molar-refractivity contribution in [1.82, 2.24) is 10.2 Å². The van der Waals surface area contributed by atoms with Gasteiger partial charge < -0.3 is 5.32 Å². The van der Waals surface area contributed by atoms with Crippen LogP contribution in [0.2, 0.25) is 8.67 Å². The SMILES string of the molecule is CC(c1cc(Cl)sc1Cl)N1CCCCC1C1CCCN1. The van der Waals surface area contributed by atoms with Gasteiger partial charge in [0, 0.05) is 23.7 Å². The van der Waals surface area contributed by atoms with Gasteiger partial charge in [0.15, 0.2) is 0 Å². The third kappa shape index (κ3) is 3.02. The van der Waals surface area contributed by atoms with Gasteiger partial charge in [0.25, 0.3) is 0 Å². The van der Waals surface area contributed by atoms with Crippen molar-refractivity contribution in [2.24, 2.45) is 0 Å². The van der Waals surface area contributed by atoms with Gasteiger partial charge in [0.05, 0.1) is 8.67 Å². The molecule has 3 rings (SSSR count). The average molecular weight is 333 g/mol. The zero-order valence-electron chi connectivity index (χ0n) is 11.9. The van der Waals surface area contributed by atoms with Gasteiger partial charge in [-0.1, -0.05) is 29.6 Å². The van der Waals surface area contributed by atoms with Crippen molar-refractivity contribution in [3.05, 3.63) is 20.3 Å². The van der Waals surface area contributed by atoms with Crippen LogP contribution in [-0.2, 0) is 0 Å². The van der Waals surface area contributed by atoms with Gasteiger partial charge in [-0.25, -0.2) is 0 Å². The van der Waals surface area contributed by atoms with Crippen LogP contribution in [0.15, 0.2) is 6.07 Å². The molecular formula is C15H22Cl2N2S. The van der Waals surface area contributed by atoms with Gasteiger partial charge in [0.2, 0.25) is 0 Å². The number of likely N-dealkylation sites (tertiary alicyclic amines) is 1. The Morgan fingerprint density at radius 1 is 1.30 bits per heavy atom. The van der Waals surface area contributed by atoms with Crippen molar-refractivity contribution in [3.8, 4) is 0 Å². The fourth-order valence-corrected chi connectivity index (χ4v) is 5.38. The third-order valence-corrected chi connectivity index (χ3v) is 6.30. The molecular weight excluding hydrogens is 311 g/mol. The van der Waals surface area contributed by atoms with Crippen LogP contribution in [0.25, 0.3) is 0 Å². The first-order valence-corrected chi connectivity index (χ1v) is 9.18. The average Bonchev–Trinajstić information content (AvgIpc) is 3.07. The molecule has 5 heteroatoms. The molecule has 3 atom stereocenters. The largest absolute Gasteiger partial charge is 0.312 e. The summed E-state index contributed by atoms with van der Waals surface area (Å²) >= 11 is 14.0. The number of hydrogen-bond acceptors (Lipinski definition) is 3. The lowest BCUT2D eigenvalue weighted by molar-refractivity contribution is 0.0805. The first-order valence-electron chi connectivity index (χ1n) is 7.60. The van der Waals surface area contributed by atoms with Crippen LogP contribution in [0.3, 0.4) is 0 Å². The van der Waals surface area contributed by atoms with E-state index in [-0.39, 0.29) is 0 Å². The van der Waals surface area contributed by atoms with Gasteiger partial charge in [-0.2, -0.15) is 0 Å². The van der Waals surface area contributed by atoms with E-state index in [1.54, 1.807) is 0 Å². The van der Waals surface area contributed by atoms with Crippen molar-refractivity contribution in [1.29, 1.82) is 0 Å². The van der Waals surface area contributed by atoms with E-state index in [9.17, 15) is 0 Å². The molecule has 20 heavy (non-hydrogen) atoms. The maximum absolute atomic E-state index is 6.36. The highest BCUT2D eigenvalue weighted by Crippen LogP contribution is 2.39. The molecule has 1 aromatic rings. The van der Waals surface area contributed by atoms with Crippen molar-refractivity contribution >= 4 is 34.5 Å². The minimum absolute atomic E-state index is 0.360. The molecule has 2 saturated heterocycles. The summed E-state index contributed by atoms with van der Waals surface area (Å²) in [6.45, 7) is 4.62. The molecule has 2 fully saturated rings. The number of thiophene rings is 1. The number of nitrogens with one attached hydrogen (secondary N) is 1. The van der Waals surface area contributed by atoms with Crippen molar-refractivity contribution in [2.75, 3.05) is 13.1 Å². The van der Waals surface area contributed by atoms with Crippen molar-refractivity contribution < 1.29 is 0 Å². The van der Waals surface area contributed by atoms with Crippen LogP contribution in [-0.4, -0.2) is 30.1 Å². The highest BCUT2D eigenvalue weighted by Gasteiger charge is 2.35. The minimum atomic E-state index is 0.360. The second-order valence-corrected chi connectivity index (χ2v) is 8.24. The van der Waals surface area contributed by atoms with E-state index in [0.29, 0.717) is 18.1 Å². The Kier molecular flexibility index (Phi) is 4.94. The molecule has 2 aliphatic rings. The van der Waals surface area contributed by atoms with Crippen LogP contribution in [0, 0.1) is 0 Å². The van der Waals surface area contributed by atoms with E-state index >= 15 is 0 Å². The smallest absolute Gasteiger partial charge is 0.0991 e. The maximum atomic E-state index is 6.36. The molecule has 0 radical (unpaired) electrons. The van der Waals surface area contributed by atoms with Gasteiger partial charge in [0.1, 0.15) is 0 Å². The van der Waals surface area contributed by atoms with Gasteiger partial charge in [-0.15, -0.1) is 11.3 Å². The summed E-state index contributed by atoms with van der Waals surface area (Å²) in [5.41, 5.74) is 1.20. The number of piperidine rings is 1. The van der Waals surface area contributed by atoms with Crippen LogP contribution in [0.5, 0.6) is 0 Å². The molecule has 3 unspecified atom stereocenters. The minimum Gasteiger partial charge on any atom is -0.312 e. The molecule has 0 spiro atoms. The van der Waals surface area contributed by atoms with Gasteiger partial charge in [-0.3, -0.25) is 4.90 Å². The lowest BCUT2D eigenvalue weighted by atomic mass is 9.92. The Hall–Kier alpha value is 0.200. The topological polar surface area (TPSA) is 15.3 Å². The summed E-state index contributed by atoms with van der Waals surface area (Å²) < 4.78 is 1.65. The molecule has 2 nitrogen and oxygen atoms in total. The number of nitrogens with zero attached hydrogens (tertiary/aromatic N) is 1. The van der Waals surface area contributed by atoms with E-state index in [1.807, 2.05) is 6.07 Å².